The highest BCUT2D eigenvalue weighted by atomic mass is 16.4. The van der Waals surface area contributed by atoms with Crippen LogP contribution in [0.3, 0.4) is 0 Å². The topological polar surface area (TPSA) is 104 Å². The predicted octanol–water partition coefficient (Wildman–Crippen LogP) is 2.30. The highest BCUT2D eigenvalue weighted by Gasteiger charge is 2.34. The Kier molecular flexibility index (Phi) is 4.60. The van der Waals surface area contributed by atoms with E-state index in [0.717, 1.165) is 5.56 Å². The van der Waals surface area contributed by atoms with Crippen LogP contribution in [0.1, 0.15) is 28.8 Å². The quantitative estimate of drug-likeness (QED) is 0.740. The summed E-state index contributed by atoms with van der Waals surface area (Å²) in [6.45, 7) is 1.75. The number of aliphatic carboxylic acids is 1. The van der Waals surface area contributed by atoms with E-state index in [4.69, 9.17) is 5.11 Å². The van der Waals surface area contributed by atoms with E-state index >= 15 is 0 Å². The van der Waals surface area contributed by atoms with Crippen LogP contribution in [0.4, 0.5) is 5.69 Å². The molecule has 0 saturated heterocycles. The van der Waals surface area contributed by atoms with E-state index in [-0.39, 0.29) is 5.56 Å². The van der Waals surface area contributed by atoms with Crippen LogP contribution in [0.2, 0.25) is 0 Å². The molecule has 0 aromatic heterocycles. The summed E-state index contributed by atoms with van der Waals surface area (Å²) >= 11 is 0. The minimum Gasteiger partial charge on any atom is -0.481 e. The molecule has 2 atom stereocenters. The molecule has 0 fully saturated rings. The molecular weight excluding hydrogens is 286 g/mol. The third-order valence-electron chi connectivity index (χ3n) is 3.83. The first kappa shape index (κ1) is 15.8. The smallest absolute Gasteiger partial charge is 0.335 e. The number of carbonyl (C=O) groups excluding carboxylic acids is 1. The maximum atomic E-state index is 12.4. The third-order valence-corrected chi connectivity index (χ3v) is 3.83. The van der Waals surface area contributed by atoms with E-state index in [0.29, 0.717) is 18.5 Å². The van der Waals surface area contributed by atoms with Crippen molar-refractivity contribution in [1.82, 2.24) is 0 Å². The average Bonchev–Trinajstić information content (AvgIpc) is 2.49. The Morgan fingerprint density at radius 2 is 1.73 bits per heavy atom. The zero-order valence-electron chi connectivity index (χ0n) is 12.1. The number of carboxylic acids is 2. The lowest BCUT2D eigenvalue weighted by Gasteiger charge is -2.24. The Balaban J connectivity index is 2.21. The highest BCUT2D eigenvalue weighted by Crippen LogP contribution is 2.28. The molecule has 2 rings (SSSR count). The number of carbonyl (C=O) groups is 3. The largest absolute Gasteiger partial charge is 0.481 e. The summed E-state index contributed by atoms with van der Waals surface area (Å²) in [5, 5.41) is 20.9. The van der Waals surface area contributed by atoms with Gasteiger partial charge in [0.2, 0.25) is 5.91 Å². The first-order chi connectivity index (χ1) is 10.4. The van der Waals surface area contributed by atoms with E-state index in [1.54, 1.807) is 25.1 Å². The standard InChI is InChI=1S/C16H17NO5/c1-9-6-7-10(15(19)20)8-13(9)17-14(18)11-4-2-3-5-12(11)16(21)22/h2-3,6-8,11-12H,4-5H2,1H3,(H,17,18)(H,19,20)(H,21,22)/t11-,12+/m1/s1. The number of carboxylic acid groups (broad SMARTS) is 2. The molecule has 0 radical (unpaired) electrons. The maximum absolute atomic E-state index is 12.4. The van der Waals surface area contributed by atoms with Crippen LogP contribution in [0.5, 0.6) is 0 Å². The second-order valence-corrected chi connectivity index (χ2v) is 5.32. The fraction of sp³-hybridized carbons (Fsp3) is 0.312. The van der Waals surface area contributed by atoms with Gasteiger partial charge in [-0.2, -0.15) is 0 Å². The number of allylic oxidation sites excluding steroid dienone is 2. The van der Waals surface area contributed by atoms with Gasteiger partial charge in [-0.05, 0) is 37.5 Å². The lowest BCUT2D eigenvalue weighted by molar-refractivity contribution is -0.146. The zero-order valence-corrected chi connectivity index (χ0v) is 12.1. The highest BCUT2D eigenvalue weighted by molar-refractivity contribution is 5.97. The molecule has 6 nitrogen and oxygen atoms in total. The van der Waals surface area contributed by atoms with E-state index < -0.39 is 29.7 Å². The molecule has 1 amide bonds. The molecule has 0 spiro atoms. The second-order valence-electron chi connectivity index (χ2n) is 5.32. The summed E-state index contributed by atoms with van der Waals surface area (Å²) in [6.07, 6.45) is 4.24. The fourth-order valence-electron chi connectivity index (χ4n) is 2.49. The van der Waals surface area contributed by atoms with Crippen LogP contribution in [-0.4, -0.2) is 28.1 Å². The SMILES string of the molecule is Cc1ccc(C(=O)O)cc1NC(=O)[C@@H]1CC=CC[C@@H]1C(=O)O. The molecule has 0 unspecified atom stereocenters. The van der Waals surface area contributed by atoms with Gasteiger partial charge in [0, 0.05) is 5.69 Å². The number of rotatable bonds is 4. The molecule has 1 aromatic rings. The number of amides is 1. The Morgan fingerprint density at radius 3 is 2.32 bits per heavy atom. The van der Waals surface area contributed by atoms with Crippen molar-refractivity contribution in [3.05, 3.63) is 41.5 Å². The molecule has 116 valence electrons. The van der Waals surface area contributed by atoms with Gasteiger partial charge in [0.1, 0.15) is 0 Å². The molecule has 6 heteroatoms. The number of anilines is 1. The molecule has 0 heterocycles. The minimum absolute atomic E-state index is 0.0687. The van der Waals surface area contributed by atoms with E-state index in [1.807, 2.05) is 0 Å². The van der Waals surface area contributed by atoms with Gasteiger partial charge < -0.3 is 15.5 Å². The van der Waals surface area contributed by atoms with Crippen LogP contribution in [0.25, 0.3) is 0 Å². The maximum Gasteiger partial charge on any atom is 0.335 e. The monoisotopic (exact) mass is 303 g/mol. The fourth-order valence-corrected chi connectivity index (χ4v) is 2.49. The van der Waals surface area contributed by atoms with Crippen molar-refractivity contribution >= 4 is 23.5 Å². The minimum atomic E-state index is -1.08. The van der Waals surface area contributed by atoms with Crippen molar-refractivity contribution in [3.63, 3.8) is 0 Å². The van der Waals surface area contributed by atoms with Gasteiger partial charge in [-0.3, -0.25) is 9.59 Å². The van der Waals surface area contributed by atoms with Gasteiger partial charge in [0.05, 0.1) is 17.4 Å². The number of aromatic carboxylic acids is 1. The zero-order chi connectivity index (χ0) is 16.3. The molecule has 0 saturated carbocycles. The van der Waals surface area contributed by atoms with Crippen LogP contribution in [0, 0.1) is 18.8 Å². The normalized spacial score (nSPS) is 20.4. The number of hydrogen-bond acceptors (Lipinski definition) is 3. The summed E-state index contributed by atoms with van der Waals surface area (Å²) in [6, 6.07) is 4.44. The molecule has 1 aliphatic rings. The molecular formula is C16H17NO5. The van der Waals surface area contributed by atoms with Crippen molar-refractivity contribution in [1.29, 1.82) is 0 Å². The Labute approximate surface area is 127 Å². The lowest BCUT2D eigenvalue weighted by Crippen LogP contribution is -2.34. The Hall–Kier alpha value is -2.63. The first-order valence-electron chi connectivity index (χ1n) is 6.92. The van der Waals surface area contributed by atoms with E-state index in [2.05, 4.69) is 5.32 Å². The Morgan fingerprint density at radius 1 is 1.09 bits per heavy atom. The van der Waals surface area contributed by atoms with Crippen LogP contribution >= 0.6 is 0 Å². The van der Waals surface area contributed by atoms with Gasteiger partial charge in [0.15, 0.2) is 0 Å². The lowest BCUT2D eigenvalue weighted by atomic mass is 9.82. The van der Waals surface area contributed by atoms with Crippen LogP contribution < -0.4 is 5.32 Å². The molecule has 1 aliphatic carbocycles. The van der Waals surface area contributed by atoms with E-state index in [9.17, 15) is 19.5 Å². The summed E-state index contributed by atoms with van der Waals surface area (Å²) in [7, 11) is 0. The first-order valence-corrected chi connectivity index (χ1v) is 6.92. The predicted molar refractivity (Wildman–Crippen MR) is 79.8 cm³/mol. The van der Waals surface area contributed by atoms with Gasteiger partial charge in [-0.1, -0.05) is 18.2 Å². The third kappa shape index (κ3) is 3.33. The van der Waals surface area contributed by atoms with E-state index in [1.165, 1.54) is 12.1 Å². The number of nitrogens with one attached hydrogen (secondary N) is 1. The average molecular weight is 303 g/mol. The van der Waals surface area contributed by atoms with Crippen molar-refractivity contribution in [2.45, 2.75) is 19.8 Å². The van der Waals surface area contributed by atoms with Gasteiger partial charge in [-0.25, -0.2) is 4.79 Å². The summed E-state index contributed by atoms with van der Waals surface area (Å²) in [5.41, 5.74) is 1.18. The number of benzene rings is 1. The summed E-state index contributed by atoms with van der Waals surface area (Å²) in [4.78, 5) is 34.6. The molecule has 0 aliphatic heterocycles. The molecule has 1 aromatic carbocycles. The molecule has 3 N–H and O–H groups in total. The molecule has 0 bridgehead atoms. The van der Waals surface area contributed by atoms with Crippen molar-refractivity contribution in [2.24, 2.45) is 11.8 Å². The number of aryl methyl sites for hydroxylation is 1. The van der Waals surface area contributed by atoms with Gasteiger partial charge in [0.25, 0.3) is 0 Å². The van der Waals surface area contributed by atoms with Crippen molar-refractivity contribution < 1.29 is 24.6 Å². The van der Waals surface area contributed by atoms with Crippen molar-refractivity contribution in [2.75, 3.05) is 5.32 Å². The number of hydrogen-bond donors (Lipinski definition) is 3. The van der Waals surface area contributed by atoms with Gasteiger partial charge >= 0.3 is 11.9 Å². The van der Waals surface area contributed by atoms with Gasteiger partial charge in [-0.15, -0.1) is 0 Å². The summed E-state index contributed by atoms with van der Waals surface area (Å²) in [5.74, 6) is -3.90. The van der Waals surface area contributed by atoms with Crippen LogP contribution in [0.15, 0.2) is 30.4 Å². The van der Waals surface area contributed by atoms with Crippen LogP contribution in [-0.2, 0) is 9.59 Å². The summed E-state index contributed by atoms with van der Waals surface area (Å²) < 4.78 is 0. The van der Waals surface area contributed by atoms with Crippen molar-refractivity contribution in [3.8, 4) is 0 Å². The molecule has 22 heavy (non-hydrogen) atoms. The second kappa shape index (κ2) is 6.43. The Bertz CT molecular complexity index is 650.